The van der Waals surface area contributed by atoms with Gasteiger partial charge in [0.1, 0.15) is 0 Å². The highest BCUT2D eigenvalue weighted by Gasteiger charge is 2.08. The van der Waals surface area contributed by atoms with E-state index in [-0.39, 0.29) is 0 Å². The fourth-order valence-corrected chi connectivity index (χ4v) is 2.10. The summed E-state index contributed by atoms with van der Waals surface area (Å²) in [5.74, 6) is 0. The molecule has 0 radical (unpaired) electrons. The molecule has 0 atom stereocenters. The van der Waals surface area contributed by atoms with Crippen molar-refractivity contribution < 1.29 is 0 Å². The first-order chi connectivity index (χ1) is 9.02. The molecule has 1 aromatic carbocycles. The molecule has 1 aromatic heterocycles. The van der Waals surface area contributed by atoms with Crippen molar-refractivity contribution in [2.75, 3.05) is 0 Å². The third kappa shape index (κ3) is 2.61. The zero-order chi connectivity index (χ0) is 14.0. The Balaban J connectivity index is 2.45. The average Bonchev–Trinajstić information content (AvgIpc) is 2.80. The second kappa shape index (κ2) is 5.16. The van der Waals surface area contributed by atoms with E-state index < -0.39 is 0 Å². The van der Waals surface area contributed by atoms with Gasteiger partial charge in [-0.15, -0.1) is 0 Å². The summed E-state index contributed by atoms with van der Waals surface area (Å²) < 4.78 is 0. The number of benzene rings is 1. The van der Waals surface area contributed by atoms with Crippen LogP contribution in [0, 0.1) is 18.3 Å². The number of nitriles is 1. The largest absolute Gasteiger partial charge is 0.358 e. The number of aromatic amines is 1. The quantitative estimate of drug-likeness (QED) is 0.826. The fraction of sp³-hybridized carbons (Fsp3) is 0.235. The van der Waals surface area contributed by atoms with E-state index >= 15 is 0 Å². The summed E-state index contributed by atoms with van der Waals surface area (Å²) in [7, 11) is 0. The van der Waals surface area contributed by atoms with Gasteiger partial charge in [-0.2, -0.15) is 5.26 Å². The van der Waals surface area contributed by atoms with Gasteiger partial charge in [0.05, 0.1) is 11.6 Å². The van der Waals surface area contributed by atoms with E-state index in [0.29, 0.717) is 5.56 Å². The van der Waals surface area contributed by atoms with E-state index in [2.05, 4.69) is 44.8 Å². The Morgan fingerprint density at radius 1 is 1.11 bits per heavy atom. The van der Waals surface area contributed by atoms with Crippen LogP contribution in [0.25, 0.3) is 16.8 Å². The van der Waals surface area contributed by atoms with E-state index in [1.54, 1.807) is 0 Å². The Kier molecular flexibility index (Phi) is 3.57. The predicted molar refractivity (Wildman–Crippen MR) is 79.6 cm³/mol. The Bertz CT molecular complexity index is 660. The highest BCUT2D eigenvalue weighted by atomic mass is 14.7. The first-order valence-electron chi connectivity index (χ1n) is 6.37. The van der Waals surface area contributed by atoms with Crippen LogP contribution in [-0.2, 0) is 0 Å². The Morgan fingerprint density at radius 3 is 2.26 bits per heavy atom. The number of nitrogens with one attached hydrogen (secondary N) is 1. The van der Waals surface area contributed by atoms with Crippen LogP contribution < -0.4 is 0 Å². The van der Waals surface area contributed by atoms with Crippen molar-refractivity contribution in [2.24, 2.45) is 0 Å². The molecular weight excluding hydrogens is 232 g/mol. The fourth-order valence-electron chi connectivity index (χ4n) is 2.10. The monoisotopic (exact) mass is 250 g/mol. The normalized spacial score (nSPS) is 10.1. The molecule has 0 unspecified atom stereocenters. The molecular formula is C17H18N2. The van der Waals surface area contributed by atoms with Crippen molar-refractivity contribution in [2.45, 2.75) is 27.7 Å². The number of H-pyrrole nitrogens is 1. The molecule has 0 fully saturated rings. The summed E-state index contributed by atoms with van der Waals surface area (Å²) in [5.41, 5.74) is 7.97. The lowest BCUT2D eigenvalue weighted by atomic mass is 10.0. The van der Waals surface area contributed by atoms with Gasteiger partial charge in [0.15, 0.2) is 0 Å². The average molecular weight is 250 g/mol. The molecule has 1 heterocycles. The molecule has 1 N–H and O–H groups in total. The van der Waals surface area contributed by atoms with E-state index in [0.717, 1.165) is 11.3 Å². The van der Waals surface area contributed by atoms with Crippen molar-refractivity contribution in [1.29, 1.82) is 5.26 Å². The summed E-state index contributed by atoms with van der Waals surface area (Å²) in [6, 6.07) is 12.0. The van der Waals surface area contributed by atoms with Crippen LogP contribution in [0.5, 0.6) is 0 Å². The molecule has 0 aliphatic carbocycles. The molecule has 2 heteroatoms. The molecule has 96 valence electrons. The molecule has 0 aliphatic heterocycles. The van der Waals surface area contributed by atoms with Crippen molar-refractivity contribution in [3.05, 3.63) is 52.7 Å². The van der Waals surface area contributed by atoms with E-state index in [1.165, 1.54) is 22.4 Å². The SMILES string of the molecule is CC(C)=C(C)c1cc(-c2ccc(C#N)cc2)[nH]c1C. The molecule has 0 aliphatic rings. The van der Waals surface area contributed by atoms with Crippen LogP contribution in [0.1, 0.15) is 37.6 Å². The van der Waals surface area contributed by atoms with Gasteiger partial charge in [0.2, 0.25) is 0 Å². The molecule has 0 saturated carbocycles. The number of allylic oxidation sites excluding steroid dienone is 2. The maximum absolute atomic E-state index is 8.82. The lowest BCUT2D eigenvalue weighted by molar-refractivity contribution is 1.24. The van der Waals surface area contributed by atoms with Crippen LogP contribution in [0.4, 0.5) is 0 Å². The number of hydrogen-bond donors (Lipinski definition) is 1. The molecule has 19 heavy (non-hydrogen) atoms. The summed E-state index contributed by atoms with van der Waals surface area (Å²) in [6.07, 6.45) is 0. The number of nitrogens with zero attached hydrogens (tertiary/aromatic N) is 1. The minimum absolute atomic E-state index is 0.688. The highest BCUT2D eigenvalue weighted by molar-refractivity contribution is 5.74. The molecule has 2 aromatic rings. The predicted octanol–water partition coefficient (Wildman–Crippen LogP) is 4.68. The molecule has 0 amide bonds. The van der Waals surface area contributed by atoms with Gasteiger partial charge in [0.25, 0.3) is 0 Å². The Labute approximate surface area is 114 Å². The van der Waals surface area contributed by atoms with Crippen LogP contribution >= 0.6 is 0 Å². The minimum atomic E-state index is 0.688. The second-order valence-corrected chi connectivity index (χ2v) is 5.04. The topological polar surface area (TPSA) is 39.6 Å². The maximum Gasteiger partial charge on any atom is 0.0991 e. The number of aromatic nitrogens is 1. The first kappa shape index (κ1) is 13.2. The summed E-state index contributed by atoms with van der Waals surface area (Å²) >= 11 is 0. The van der Waals surface area contributed by atoms with E-state index in [1.807, 2.05) is 24.3 Å². The zero-order valence-corrected chi connectivity index (χ0v) is 11.8. The lowest BCUT2D eigenvalue weighted by Crippen LogP contribution is -1.82. The summed E-state index contributed by atoms with van der Waals surface area (Å²) in [4.78, 5) is 3.42. The Morgan fingerprint density at radius 2 is 1.74 bits per heavy atom. The van der Waals surface area contributed by atoms with Gasteiger partial charge in [0, 0.05) is 11.4 Å². The van der Waals surface area contributed by atoms with Crippen molar-refractivity contribution in [1.82, 2.24) is 4.98 Å². The van der Waals surface area contributed by atoms with Gasteiger partial charge < -0.3 is 4.98 Å². The Hall–Kier alpha value is -2.27. The van der Waals surface area contributed by atoms with Gasteiger partial charge >= 0.3 is 0 Å². The van der Waals surface area contributed by atoms with Gasteiger partial charge in [-0.1, -0.05) is 17.7 Å². The zero-order valence-electron chi connectivity index (χ0n) is 11.8. The van der Waals surface area contributed by atoms with Crippen LogP contribution in [0.2, 0.25) is 0 Å². The first-order valence-corrected chi connectivity index (χ1v) is 6.37. The van der Waals surface area contributed by atoms with Gasteiger partial charge in [-0.3, -0.25) is 0 Å². The third-order valence-electron chi connectivity index (χ3n) is 3.49. The van der Waals surface area contributed by atoms with Crippen molar-refractivity contribution in [3.63, 3.8) is 0 Å². The molecule has 0 spiro atoms. The standard InChI is InChI=1S/C17H18N2/c1-11(2)12(3)16-9-17(19-13(16)4)15-7-5-14(10-18)6-8-15/h5-9,19H,1-4H3. The van der Waals surface area contributed by atoms with Crippen LogP contribution in [-0.4, -0.2) is 4.98 Å². The molecule has 0 bridgehead atoms. The minimum Gasteiger partial charge on any atom is -0.358 e. The smallest absolute Gasteiger partial charge is 0.0991 e. The van der Waals surface area contributed by atoms with Crippen molar-refractivity contribution >= 4 is 5.57 Å². The maximum atomic E-state index is 8.82. The van der Waals surface area contributed by atoms with Crippen LogP contribution in [0.3, 0.4) is 0 Å². The number of rotatable bonds is 2. The van der Waals surface area contributed by atoms with E-state index in [9.17, 15) is 0 Å². The van der Waals surface area contributed by atoms with Crippen molar-refractivity contribution in [3.8, 4) is 17.3 Å². The second-order valence-electron chi connectivity index (χ2n) is 5.04. The van der Waals surface area contributed by atoms with E-state index in [4.69, 9.17) is 5.26 Å². The molecule has 2 nitrogen and oxygen atoms in total. The van der Waals surface area contributed by atoms with Crippen LogP contribution in [0.15, 0.2) is 35.9 Å². The number of aryl methyl sites for hydroxylation is 1. The summed E-state index contributed by atoms with van der Waals surface area (Å²) in [6.45, 7) is 8.50. The lowest BCUT2D eigenvalue weighted by Gasteiger charge is -2.01. The molecule has 2 rings (SSSR count). The summed E-state index contributed by atoms with van der Waals surface area (Å²) in [5, 5.41) is 8.82. The van der Waals surface area contributed by atoms with Gasteiger partial charge in [-0.05, 0) is 62.6 Å². The third-order valence-corrected chi connectivity index (χ3v) is 3.49. The molecule has 0 saturated heterocycles. The highest BCUT2D eigenvalue weighted by Crippen LogP contribution is 2.27. The van der Waals surface area contributed by atoms with Gasteiger partial charge in [-0.25, -0.2) is 0 Å². The number of hydrogen-bond acceptors (Lipinski definition) is 1.